The Balaban J connectivity index is 3.27. The van der Waals surface area contributed by atoms with E-state index in [-0.39, 0.29) is 35.8 Å². The van der Waals surface area contributed by atoms with E-state index in [9.17, 15) is 19.3 Å². The van der Waals surface area contributed by atoms with E-state index in [2.05, 4.69) is 0 Å². The van der Waals surface area contributed by atoms with Crippen LogP contribution in [0.4, 0.5) is 10.1 Å². The van der Waals surface area contributed by atoms with Gasteiger partial charge in [0.15, 0.2) is 0 Å². The molecule has 1 aromatic rings. The monoisotopic (exact) mass is 293 g/mol. The second-order valence-electron chi connectivity index (χ2n) is 4.88. The van der Waals surface area contributed by atoms with Crippen LogP contribution in [-0.4, -0.2) is 28.3 Å². The molecule has 0 unspecified atom stereocenters. The zero-order valence-corrected chi connectivity index (χ0v) is 12.1. The number of rotatable bonds is 5. The number of carbonyl (C=O) groups is 1. The maximum absolute atomic E-state index is 14.1. The summed E-state index contributed by atoms with van der Waals surface area (Å²) in [7, 11) is 0. The van der Waals surface area contributed by atoms with Gasteiger partial charge >= 0.3 is 0 Å². The molecule has 0 aliphatic rings. The molecule has 0 saturated carbocycles. The zero-order valence-electron chi connectivity index (χ0n) is 12.1. The number of nitrogens with zero attached hydrogens (tertiary/aromatic N) is 3. The third-order valence-electron chi connectivity index (χ3n) is 3.03. The molecule has 7 heteroatoms. The summed E-state index contributed by atoms with van der Waals surface area (Å²) in [6.45, 7) is 4.98. The third kappa shape index (κ3) is 3.75. The molecule has 0 fully saturated rings. The Labute approximate surface area is 121 Å². The maximum atomic E-state index is 14.1. The second kappa shape index (κ2) is 6.79. The largest absolute Gasteiger partial charge is 0.335 e. The zero-order chi connectivity index (χ0) is 16.2. The van der Waals surface area contributed by atoms with Crippen molar-refractivity contribution in [2.75, 3.05) is 6.54 Å². The van der Waals surface area contributed by atoms with Crippen molar-refractivity contribution in [3.63, 3.8) is 0 Å². The first-order valence-corrected chi connectivity index (χ1v) is 6.42. The van der Waals surface area contributed by atoms with Gasteiger partial charge in [-0.2, -0.15) is 5.26 Å². The van der Waals surface area contributed by atoms with E-state index in [4.69, 9.17) is 5.26 Å². The van der Waals surface area contributed by atoms with Crippen molar-refractivity contribution in [3.8, 4) is 6.07 Å². The molecule has 0 radical (unpaired) electrons. The Kier molecular flexibility index (Phi) is 5.36. The summed E-state index contributed by atoms with van der Waals surface area (Å²) >= 11 is 0. The first-order chi connectivity index (χ1) is 9.79. The lowest BCUT2D eigenvalue weighted by molar-refractivity contribution is -0.385. The average Bonchev–Trinajstić information content (AvgIpc) is 2.41. The molecule has 0 heterocycles. The van der Waals surface area contributed by atoms with Gasteiger partial charge in [0.25, 0.3) is 11.6 Å². The molecule has 0 N–H and O–H groups in total. The summed E-state index contributed by atoms with van der Waals surface area (Å²) in [6.07, 6.45) is 0.111. The Morgan fingerprint density at radius 3 is 2.62 bits per heavy atom. The molecular formula is C14H16FN3O3. The van der Waals surface area contributed by atoms with Gasteiger partial charge in [0.1, 0.15) is 5.82 Å². The quantitative estimate of drug-likeness (QED) is 0.617. The molecule has 0 aliphatic heterocycles. The van der Waals surface area contributed by atoms with Gasteiger partial charge in [-0.05, 0) is 26.3 Å². The fourth-order valence-electron chi connectivity index (χ4n) is 1.93. The SMILES string of the molecule is Cc1cc([N+](=O)[O-])cc(C(=O)N(CCC#N)C(C)C)c1F. The minimum absolute atomic E-state index is 0.0385. The molecular weight excluding hydrogens is 277 g/mol. The van der Waals surface area contributed by atoms with E-state index < -0.39 is 16.6 Å². The predicted molar refractivity (Wildman–Crippen MR) is 74.2 cm³/mol. The van der Waals surface area contributed by atoms with E-state index in [1.54, 1.807) is 13.8 Å². The van der Waals surface area contributed by atoms with Crippen molar-refractivity contribution >= 4 is 11.6 Å². The highest BCUT2D eigenvalue weighted by Crippen LogP contribution is 2.23. The minimum atomic E-state index is -0.770. The van der Waals surface area contributed by atoms with Crippen LogP contribution in [0.15, 0.2) is 12.1 Å². The lowest BCUT2D eigenvalue weighted by Gasteiger charge is -2.26. The lowest BCUT2D eigenvalue weighted by atomic mass is 10.1. The van der Waals surface area contributed by atoms with Crippen molar-refractivity contribution in [2.24, 2.45) is 0 Å². The highest BCUT2D eigenvalue weighted by atomic mass is 19.1. The molecule has 112 valence electrons. The summed E-state index contributed by atoms with van der Waals surface area (Å²) in [4.78, 5) is 23.9. The van der Waals surface area contributed by atoms with Gasteiger partial charge in [-0.15, -0.1) is 0 Å². The standard InChI is InChI=1S/C14H16FN3O3/c1-9(2)17(6-4-5-16)14(19)12-8-11(18(20)21)7-10(3)13(12)15/h7-9H,4,6H2,1-3H3. The fourth-order valence-corrected chi connectivity index (χ4v) is 1.93. The van der Waals surface area contributed by atoms with Gasteiger partial charge in [0.2, 0.25) is 0 Å². The van der Waals surface area contributed by atoms with Gasteiger partial charge in [0, 0.05) is 24.7 Å². The van der Waals surface area contributed by atoms with E-state index >= 15 is 0 Å². The summed E-state index contributed by atoms with van der Waals surface area (Å²) in [5.41, 5.74) is -0.633. The molecule has 0 bridgehead atoms. The molecule has 0 aromatic heterocycles. The topological polar surface area (TPSA) is 87.2 Å². The number of amides is 1. The lowest BCUT2D eigenvalue weighted by Crippen LogP contribution is -2.38. The Morgan fingerprint density at radius 2 is 2.14 bits per heavy atom. The number of carbonyl (C=O) groups excluding carboxylic acids is 1. The highest BCUT2D eigenvalue weighted by Gasteiger charge is 2.25. The van der Waals surface area contributed by atoms with Crippen LogP contribution in [0.5, 0.6) is 0 Å². The van der Waals surface area contributed by atoms with E-state index in [1.165, 1.54) is 11.8 Å². The van der Waals surface area contributed by atoms with Gasteiger partial charge < -0.3 is 4.90 Å². The van der Waals surface area contributed by atoms with Crippen molar-refractivity contribution in [2.45, 2.75) is 33.2 Å². The van der Waals surface area contributed by atoms with E-state index in [1.807, 2.05) is 6.07 Å². The number of nitriles is 1. The predicted octanol–water partition coefficient (Wildman–Crippen LogP) is 2.81. The average molecular weight is 293 g/mol. The van der Waals surface area contributed by atoms with Crippen molar-refractivity contribution in [1.82, 2.24) is 4.90 Å². The van der Waals surface area contributed by atoms with E-state index in [0.717, 1.165) is 12.1 Å². The molecule has 21 heavy (non-hydrogen) atoms. The van der Waals surface area contributed by atoms with Crippen LogP contribution in [0.2, 0.25) is 0 Å². The number of hydrogen-bond donors (Lipinski definition) is 0. The molecule has 0 saturated heterocycles. The van der Waals surface area contributed by atoms with Crippen LogP contribution in [0.25, 0.3) is 0 Å². The summed E-state index contributed by atoms with van der Waals surface area (Å²) < 4.78 is 14.1. The van der Waals surface area contributed by atoms with Crippen molar-refractivity contribution in [1.29, 1.82) is 5.26 Å². The molecule has 1 amide bonds. The van der Waals surface area contributed by atoms with Crippen LogP contribution < -0.4 is 0 Å². The van der Waals surface area contributed by atoms with Gasteiger partial charge in [-0.1, -0.05) is 0 Å². The number of benzene rings is 1. The normalized spacial score (nSPS) is 10.3. The number of nitro groups is 1. The molecule has 6 nitrogen and oxygen atoms in total. The fraction of sp³-hybridized carbons (Fsp3) is 0.429. The minimum Gasteiger partial charge on any atom is -0.335 e. The number of non-ortho nitro benzene ring substituents is 1. The van der Waals surface area contributed by atoms with Crippen LogP contribution in [0.1, 0.15) is 36.2 Å². The van der Waals surface area contributed by atoms with Gasteiger partial charge in [-0.25, -0.2) is 4.39 Å². The molecule has 0 atom stereocenters. The number of aryl methyl sites for hydroxylation is 1. The van der Waals surface area contributed by atoms with Gasteiger partial charge in [-0.3, -0.25) is 14.9 Å². The smallest absolute Gasteiger partial charge is 0.270 e. The number of halogens is 1. The number of nitro benzene ring substituents is 1. The molecule has 1 rings (SSSR count). The molecule has 1 aromatic carbocycles. The Morgan fingerprint density at radius 1 is 1.52 bits per heavy atom. The summed E-state index contributed by atoms with van der Waals surface area (Å²) in [5.74, 6) is -1.42. The second-order valence-corrected chi connectivity index (χ2v) is 4.88. The van der Waals surface area contributed by atoms with Crippen molar-refractivity contribution in [3.05, 3.63) is 39.2 Å². The molecule has 0 spiro atoms. The summed E-state index contributed by atoms with van der Waals surface area (Å²) in [5, 5.41) is 19.4. The first-order valence-electron chi connectivity index (χ1n) is 6.42. The maximum Gasteiger partial charge on any atom is 0.270 e. The van der Waals surface area contributed by atoms with Crippen LogP contribution >= 0.6 is 0 Å². The third-order valence-corrected chi connectivity index (χ3v) is 3.03. The van der Waals surface area contributed by atoms with Crippen molar-refractivity contribution < 1.29 is 14.1 Å². The van der Waals surface area contributed by atoms with E-state index in [0.29, 0.717) is 0 Å². The molecule has 0 aliphatic carbocycles. The summed E-state index contributed by atoms with van der Waals surface area (Å²) in [6, 6.07) is 3.69. The Bertz CT molecular complexity index is 608. The van der Waals surface area contributed by atoms with Gasteiger partial charge in [0.05, 0.1) is 23.0 Å². The first kappa shape index (κ1) is 16.6. The van der Waals surface area contributed by atoms with Crippen LogP contribution in [0.3, 0.4) is 0 Å². The number of hydrogen-bond acceptors (Lipinski definition) is 4. The van der Waals surface area contributed by atoms with Crippen LogP contribution in [0, 0.1) is 34.2 Å². The Hall–Kier alpha value is -2.49. The highest BCUT2D eigenvalue weighted by molar-refractivity contribution is 5.95. The van der Waals surface area contributed by atoms with Crippen LogP contribution in [-0.2, 0) is 0 Å².